The molecule has 1 saturated heterocycles. The molecule has 6 nitrogen and oxygen atoms in total. The third-order valence-electron chi connectivity index (χ3n) is 5.07. The van der Waals surface area contributed by atoms with Crippen LogP contribution in [0.5, 0.6) is 0 Å². The standard InChI is InChI=1S/C21H19ClN2O4/c22-15-5-3-4-14(12-15)18-13-23(10-11-28-18)19(25)8-9-24-20(26)16-6-1-2-7-17(16)21(24)27/h1-7,12,18H,8-11,13H2. The van der Waals surface area contributed by atoms with E-state index < -0.39 is 0 Å². The Morgan fingerprint density at radius 2 is 1.79 bits per heavy atom. The van der Waals surface area contributed by atoms with E-state index >= 15 is 0 Å². The molecule has 7 heteroatoms. The topological polar surface area (TPSA) is 66.9 Å². The summed E-state index contributed by atoms with van der Waals surface area (Å²) < 4.78 is 5.78. The highest BCUT2D eigenvalue weighted by Crippen LogP contribution is 2.26. The van der Waals surface area contributed by atoms with Gasteiger partial charge in [-0.25, -0.2) is 0 Å². The van der Waals surface area contributed by atoms with Crippen LogP contribution in [0.2, 0.25) is 5.02 Å². The van der Waals surface area contributed by atoms with Gasteiger partial charge in [-0.15, -0.1) is 0 Å². The number of carbonyl (C=O) groups is 3. The minimum Gasteiger partial charge on any atom is -0.370 e. The fourth-order valence-electron chi connectivity index (χ4n) is 3.59. The third kappa shape index (κ3) is 3.53. The molecule has 1 unspecified atom stereocenters. The van der Waals surface area contributed by atoms with Crippen molar-refractivity contribution in [2.24, 2.45) is 0 Å². The summed E-state index contributed by atoms with van der Waals surface area (Å²) in [5, 5.41) is 0.621. The highest BCUT2D eigenvalue weighted by molar-refractivity contribution is 6.30. The number of halogens is 1. The average molecular weight is 399 g/mol. The first kappa shape index (κ1) is 18.7. The first-order valence-corrected chi connectivity index (χ1v) is 9.52. The summed E-state index contributed by atoms with van der Waals surface area (Å²) in [6, 6.07) is 14.1. The van der Waals surface area contributed by atoms with Crippen LogP contribution in [-0.2, 0) is 9.53 Å². The Morgan fingerprint density at radius 3 is 2.46 bits per heavy atom. The van der Waals surface area contributed by atoms with Gasteiger partial charge in [-0.2, -0.15) is 0 Å². The number of hydrogen-bond acceptors (Lipinski definition) is 4. The number of carbonyl (C=O) groups excluding carboxylic acids is 3. The van der Waals surface area contributed by atoms with Crippen LogP contribution in [0.3, 0.4) is 0 Å². The molecule has 0 spiro atoms. The van der Waals surface area contributed by atoms with Crippen molar-refractivity contribution < 1.29 is 19.1 Å². The van der Waals surface area contributed by atoms with E-state index in [1.54, 1.807) is 35.2 Å². The second-order valence-electron chi connectivity index (χ2n) is 6.81. The van der Waals surface area contributed by atoms with Gasteiger partial charge in [0.25, 0.3) is 11.8 Å². The zero-order valence-electron chi connectivity index (χ0n) is 15.1. The number of amides is 3. The Labute approximate surface area is 167 Å². The van der Waals surface area contributed by atoms with Crippen LogP contribution in [-0.4, -0.2) is 53.8 Å². The van der Waals surface area contributed by atoms with E-state index in [1.165, 1.54) is 0 Å². The molecular formula is C21H19ClN2O4. The van der Waals surface area contributed by atoms with E-state index in [1.807, 2.05) is 18.2 Å². The minimum absolute atomic E-state index is 0.0738. The summed E-state index contributed by atoms with van der Waals surface area (Å²) in [5.74, 6) is -0.786. The molecular weight excluding hydrogens is 380 g/mol. The van der Waals surface area contributed by atoms with Gasteiger partial charge >= 0.3 is 0 Å². The fourth-order valence-corrected chi connectivity index (χ4v) is 3.79. The van der Waals surface area contributed by atoms with Crippen LogP contribution in [0, 0.1) is 0 Å². The zero-order valence-corrected chi connectivity index (χ0v) is 15.9. The number of ether oxygens (including phenoxy) is 1. The van der Waals surface area contributed by atoms with Gasteiger partial charge in [-0.05, 0) is 29.8 Å². The summed E-state index contributed by atoms with van der Waals surface area (Å²) >= 11 is 6.05. The number of morpholine rings is 1. The lowest BCUT2D eigenvalue weighted by Crippen LogP contribution is -2.43. The van der Waals surface area contributed by atoms with Crippen molar-refractivity contribution in [2.45, 2.75) is 12.5 Å². The Hall–Kier alpha value is -2.70. The van der Waals surface area contributed by atoms with Crippen molar-refractivity contribution in [2.75, 3.05) is 26.2 Å². The van der Waals surface area contributed by atoms with Crippen molar-refractivity contribution in [3.05, 3.63) is 70.2 Å². The fraction of sp³-hybridized carbons (Fsp3) is 0.286. The smallest absolute Gasteiger partial charge is 0.261 e. The normalized spacial score (nSPS) is 19.1. The number of rotatable bonds is 4. The molecule has 1 fully saturated rings. The van der Waals surface area contributed by atoms with Gasteiger partial charge in [0.1, 0.15) is 6.10 Å². The van der Waals surface area contributed by atoms with Crippen molar-refractivity contribution in [3.63, 3.8) is 0 Å². The Kier molecular flexibility index (Phi) is 5.15. The van der Waals surface area contributed by atoms with Gasteiger partial charge in [-0.3, -0.25) is 19.3 Å². The molecule has 144 valence electrons. The summed E-state index contributed by atoms with van der Waals surface area (Å²) in [7, 11) is 0. The molecule has 2 aromatic carbocycles. The first-order chi connectivity index (χ1) is 13.5. The lowest BCUT2D eigenvalue weighted by molar-refractivity contribution is -0.139. The maximum absolute atomic E-state index is 12.7. The molecule has 1 atom stereocenters. The number of fused-ring (bicyclic) bond motifs is 1. The monoisotopic (exact) mass is 398 g/mol. The number of nitrogens with zero attached hydrogens (tertiary/aromatic N) is 2. The van der Waals surface area contributed by atoms with E-state index in [2.05, 4.69) is 0 Å². The number of benzene rings is 2. The largest absolute Gasteiger partial charge is 0.370 e. The van der Waals surface area contributed by atoms with Crippen LogP contribution >= 0.6 is 11.6 Å². The molecule has 2 aliphatic rings. The minimum atomic E-state index is -0.341. The molecule has 0 aromatic heterocycles. The SMILES string of the molecule is O=C(CCN1C(=O)c2ccccc2C1=O)N1CCOC(c2cccc(Cl)c2)C1. The van der Waals surface area contributed by atoms with Gasteiger partial charge < -0.3 is 9.64 Å². The highest BCUT2D eigenvalue weighted by Gasteiger charge is 2.35. The van der Waals surface area contributed by atoms with Gasteiger partial charge in [0, 0.05) is 24.5 Å². The lowest BCUT2D eigenvalue weighted by Gasteiger charge is -2.33. The molecule has 0 saturated carbocycles. The van der Waals surface area contributed by atoms with Crippen LogP contribution in [0.4, 0.5) is 0 Å². The lowest BCUT2D eigenvalue weighted by atomic mass is 10.1. The van der Waals surface area contributed by atoms with E-state index in [0.29, 0.717) is 35.8 Å². The van der Waals surface area contributed by atoms with Gasteiger partial charge in [0.2, 0.25) is 5.91 Å². The van der Waals surface area contributed by atoms with E-state index in [0.717, 1.165) is 10.5 Å². The number of hydrogen-bond donors (Lipinski definition) is 0. The Morgan fingerprint density at radius 1 is 1.07 bits per heavy atom. The molecule has 0 N–H and O–H groups in total. The number of imide groups is 1. The molecule has 28 heavy (non-hydrogen) atoms. The second kappa shape index (κ2) is 7.73. The Balaban J connectivity index is 1.38. The van der Waals surface area contributed by atoms with Gasteiger partial charge in [0.15, 0.2) is 0 Å². The first-order valence-electron chi connectivity index (χ1n) is 9.14. The summed E-state index contributed by atoms with van der Waals surface area (Å²) in [6.45, 7) is 1.40. The molecule has 0 bridgehead atoms. The summed E-state index contributed by atoms with van der Waals surface area (Å²) in [4.78, 5) is 40.4. The molecule has 2 heterocycles. The van der Waals surface area contributed by atoms with Crippen molar-refractivity contribution in [3.8, 4) is 0 Å². The summed E-state index contributed by atoms with van der Waals surface area (Å²) in [5.41, 5.74) is 1.71. The Bertz CT molecular complexity index is 911. The maximum Gasteiger partial charge on any atom is 0.261 e. The van der Waals surface area contributed by atoms with E-state index in [9.17, 15) is 14.4 Å². The summed E-state index contributed by atoms with van der Waals surface area (Å²) in [6.07, 6.45) is -0.149. The average Bonchev–Trinajstić information content (AvgIpc) is 2.97. The quantitative estimate of drug-likeness (QED) is 0.743. The highest BCUT2D eigenvalue weighted by atomic mass is 35.5. The maximum atomic E-state index is 12.7. The van der Waals surface area contributed by atoms with Gasteiger partial charge in [0.05, 0.1) is 24.3 Å². The van der Waals surface area contributed by atoms with E-state index in [4.69, 9.17) is 16.3 Å². The van der Waals surface area contributed by atoms with Crippen LogP contribution in [0.1, 0.15) is 38.8 Å². The van der Waals surface area contributed by atoms with Gasteiger partial charge in [-0.1, -0.05) is 35.9 Å². The van der Waals surface area contributed by atoms with Crippen LogP contribution in [0.15, 0.2) is 48.5 Å². The van der Waals surface area contributed by atoms with Crippen molar-refractivity contribution >= 4 is 29.3 Å². The van der Waals surface area contributed by atoms with E-state index in [-0.39, 0.29) is 36.8 Å². The molecule has 3 amide bonds. The third-order valence-corrected chi connectivity index (χ3v) is 5.30. The molecule has 0 aliphatic carbocycles. The van der Waals surface area contributed by atoms with Crippen molar-refractivity contribution in [1.29, 1.82) is 0 Å². The van der Waals surface area contributed by atoms with Crippen LogP contribution in [0.25, 0.3) is 0 Å². The molecule has 4 rings (SSSR count). The molecule has 2 aromatic rings. The van der Waals surface area contributed by atoms with Crippen LogP contribution < -0.4 is 0 Å². The predicted molar refractivity (Wildman–Crippen MR) is 103 cm³/mol. The predicted octanol–water partition coefficient (Wildman–Crippen LogP) is 2.93. The zero-order chi connectivity index (χ0) is 19.7. The molecule has 2 aliphatic heterocycles. The molecule has 0 radical (unpaired) electrons. The van der Waals surface area contributed by atoms with Crippen molar-refractivity contribution in [1.82, 2.24) is 9.80 Å². The second-order valence-corrected chi connectivity index (χ2v) is 7.25.